The molecule has 2 atom stereocenters. The highest BCUT2D eigenvalue weighted by Crippen LogP contribution is 2.30. The van der Waals surface area contributed by atoms with Crippen LogP contribution in [0.4, 0.5) is 9.18 Å². The molecular formula is C17H21FN2O3. The molecule has 2 aromatic rings. The Morgan fingerprint density at radius 2 is 2.30 bits per heavy atom. The molecule has 1 aliphatic rings. The average Bonchev–Trinajstić information content (AvgIpc) is 2.84. The fourth-order valence-electron chi connectivity index (χ4n) is 3.11. The summed E-state index contributed by atoms with van der Waals surface area (Å²) < 4.78 is 19.2. The zero-order chi connectivity index (χ0) is 16.6. The molecular weight excluding hydrogens is 299 g/mol. The summed E-state index contributed by atoms with van der Waals surface area (Å²) in [6.07, 6.45) is 1.07. The Kier molecular flexibility index (Phi) is 4.26. The summed E-state index contributed by atoms with van der Waals surface area (Å²) in [5.74, 6) is 0.309. The summed E-state index contributed by atoms with van der Waals surface area (Å²) in [4.78, 5) is 13.9. The third kappa shape index (κ3) is 3.17. The van der Waals surface area contributed by atoms with Gasteiger partial charge < -0.3 is 19.7 Å². The lowest BCUT2D eigenvalue weighted by atomic mass is 10.1. The Labute approximate surface area is 134 Å². The second kappa shape index (κ2) is 6.20. The molecule has 0 radical (unpaired) electrons. The van der Waals surface area contributed by atoms with E-state index in [2.05, 4.69) is 5.32 Å². The monoisotopic (exact) mass is 320 g/mol. The standard InChI is InChI=1S/C17H21FN2O3/c1-10-14-8-12(18)5-6-15(14)23-16(10)11(2)19-17(22)20-7-3-4-13(21)9-20/h5-6,8,11,13,21H,3-4,7,9H2,1-2H3,(H,19,22)/t11-,13+/m1/s1. The molecule has 3 rings (SSSR count). The third-order valence-electron chi connectivity index (χ3n) is 4.35. The van der Waals surface area contributed by atoms with Gasteiger partial charge in [0.2, 0.25) is 0 Å². The van der Waals surface area contributed by atoms with E-state index in [1.165, 1.54) is 12.1 Å². The lowest BCUT2D eigenvalue weighted by Gasteiger charge is -2.31. The van der Waals surface area contributed by atoms with Crippen LogP contribution in [0.3, 0.4) is 0 Å². The van der Waals surface area contributed by atoms with Gasteiger partial charge in [0.1, 0.15) is 17.2 Å². The molecule has 0 spiro atoms. The summed E-state index contributed by atoms with van der Waals surface area (Å²) in [5, 5.41) is 13.3. The van der Waals surface area contributed by atoms with Crippen LogP contribution in [0.1, 0.15) is 37.1 Å². The minimum Gasteiger partial charge on any atom is -0.459 e. The van der Waals surface area contributed by atoms with Crippen LogP contribution < -0.4 is 5.32 Å². The number of carbonyl (C=O) groups excluding carboxylic acids is 1. The van der Waals surface area contributed by atoms with Gasteiger partial charge in [0.05, 0.1) is 12.1 Å². The summed E-state index contributed by atoms with van der Waals surface area (Å²) in [7, 11) is 0. The highest BCUT2D eigenvalue weighted by atomic mass is 19.1. The first-order valence-electron chi connectivity index (χ1n) is 7.87. The molecule has 0 unspecified atom stereocenters. The van der Waals surface area contributed by atoms with Crippen molar-refractivity contribution in [3.63, 3.8) is 0 Å². The van der Waals surface area contributed by atoms with Crippen molar-refractivity contribution in [3.05, 3.63) is 35.3 Å². The number of β-amino-alcohol motifs (C(OH)–C–C–N with tert-alkyl or cyclic N) is 1. The van der Waals surface area contributed by atoms with Crippen molar-refractivity contribution in [2.75, 3.05) is 13.1 Å². The first-order valence-corrected chi connectivity index (χ1v) is 7.87. The number of halogens is 1. The molecule has 0 saturated carbocycles. The Morgan fingerprint density at radius 3 is 3.04 bits per heavy atom. The van der Waals surface area contributed by atoms with Gasteiger partial charge in [-0.1, -0.05) is 0 Å². The molecule has 2 amide bonds. The number of furan rings is 1. The lowest BCUT2D eigenvalue weighted by molar-refractivity contribution is 0.0832. The van der Waals surface area contributed by atoms with Gasteiger partial charge in [0.15, 0.2) is 0 Å². The molecule has 1 aromatic carbocycles. The molecule has 5 nitrogen and oxygen atoms in total. The van der Waals surface area contributed by atoms with Crippen LogP contribution in [0.2, 0.25) is 0 Å². The maximum absolute atomic E-state index is 13.4. The molecule has 124 valence electrons. The Balaban J connectivity index is 1.76. The van der Waals surface area contributed by atoms with Crippen molar-refractivity contribution in [2.45, 2.75) is 38.8 Å². The van der Waals surface area contributed by atoms with Gasteiger partial charge in [-0.3, -0.25) is 0 Å². The van der Waals surface area contributed by atoms with Crippen molar-refractivity contribution < 1.29 is 18.7 Å². The fraction of sp³-hybridized carbons (Fsp3) is 0.471. The Bertz CT molecular complexity index is 728. The molecule has 0 bridgehead atoms. The number of nitrogens with one attached hydrogen (secondary N) is 1. The average molecular weight is 320 g/mol. The topological polar surface area (TPSA) is 65.7 Å². The minimum absolute atomic E-state index is 0.220. The van der Waals surface area contributed by atoms with Crippen molar-refractivity contribution >= 4 is 17.0 Å². The number of piperidine rings is 1. The molecule has 1 aliphatic heterocycles. The maximum Gasteiger partial charge on any atom is 0.318 e. The number of aliphatic hydroxyl groups excluding tert-OH is 1. The minimum atomic E-state index is -0.458. The van der Waals surface area contributed by atoms with Gasteiger partial charge >= 0.3 is 6.03 Å². The first kappa shape index (κ1) is 15.8. The van der Waals surface area contributed by atoms with Crippen molar-refractivity contribution in [2.24, 2.45) is 0 Å². The highest BCUT2D eigenvalue weighted by molar-refractivity contribution is 5.82. The van der Waals surface area contributed by atoms with Gasteiger partial charge in [-0.05, 0) is 44.9 Å². The van der Waals surface area contributed by atoms with E-state index in [4.69, 9.17) is 4.42 Å². The van der Waals surface area contributed by atoms with E-state index < -0.39 is 6.10 Å². The second-order valence-electron chi connectivity index (χ2n) is 6.15. The quantitative estimate of drug-likeness (QED) is 0.893. The number of amides is 2. The van der Waals surface area contributed by atoms with E-state index >= 15 is 0 Å². The number of nitrogens with zero attached hydrogens (tertiary/aromatic N) is 1. The third-order valence-corrected chi connectivity index (χ3v) is 4.35. The maximum atomic E-state index is 13.4. The van der Waals surface area contributed by atoms with Crippen LogP contribution in [0.25, 0.3) is 11.0 Å². The van der Waals surface area contributed by atoms with Crippen LogP contribution in [-0.4, -0.2) is 35.2 Å². The molecule has 1 aromatic heterocycles. The van der Waals surface area contributed by atoms with Crippen LogP contribution >= 0.6 is 0 Å². The van der Waals surface area contributed by atoms with Crippen LogP contribution in [-0.2, 0) is 0 Å². The van der Waals surface area contributed by atoms with Crippen molar-refractivity contribution in [1.82, 2.24) is 10.2 Å². The number of aliphatic hydroxyl groups is 1. The van der Waals surface area contributed by atoms with E-state index in [9.17, 15) is 14.3 Å². The molecule has 1 saturated heterocycles. The van der Waals surface area contributed by atoms with Crippen LogP contribution in [0, 0.1) is 12.7 Å². The van der Waals surface area contributed by atoms with E-state index in [-0.39, 0.29) is 17.9 Å². The Morgan fingerprint density at radius 1 is 1.52 bits per heavy atom. The summed E-state index contributed by atoms with van der Waals surface area (Å²) >= 11 is 0. The molecule has 1 fully saturated rings. The van der Waals surface area contributed by atoms with E-state index in [1.807, 2.05) is 13.8 Å². The Hall–Kier alpha value is -2.08. The smallest absolute Gasteiger partial charge is 0.318 e. The number of hydrogen-bond donors (Lipinski definition) is 2. The predicted molar refractivity (Wildman–Crippen MR) is 84.7 cm³/mol. The highest BCUT2D eigenvalue weighted by Gasteiger charge is 2.25. The van der Waals surface area contributed by atoms with Crippen molar-refractivity contribution in [1.29, 1.82) is 0 Å². The number of carbonyl (C=O) groups is 1. The van der Waals surface area contributed by atoms with Gasteiger partial charge in [0, 0.05) is 24.0 Å². The lowest BCUT2D eigenvalue weighted by Crippen LogP contribution is -2.47. The largest absolute Gasteiger partial charge is 0.459 e. The van der Waals surface area contributed by atoms with E-state index in [0.717, 1.165) is 23.8 Å². The molecule has 23 heavy (non-hydrogen) atoms. The molecule has 0 aliphatic carbocycles. The van der Waals surface area contributed by atoms with Gasteiger partial charge in [-0.25, -0.2) is 9.18 Å². The number of fused-ring (bicyclic) bond motifs is 1. The van der Waals surface area contributed by atoms with Gasteiger partial charge in [0.25, 0.3) is 0 Å². The molecule has 6 heteroatoms. The van der Waals surface area contributed by atoms with Crippen molar-refractivity contribution in [3.8, 4) is 0 Å². The summed E-state index contributed by atoms with van der Waals surface area (Å²) in [6, 6.07) is 3.83. The number of aryl methyl sites for hydroxylation is 1. The number of urea groups is 1. The van der Waals surface area contributed by atoms with Gasteiger partial charge in [-0.15, -0.1) is 0 Å². The SMILES string of the molecule is Cc1c([C@@H](C)NC(=O)N2CCC[C@H](O)C2)oc2ccc(F)cc12. The normalized spacial score (nSPS) is 19.8. The van der Waals surface area contributed by atoms with Crippen LogP contribution in [0.15, 0.2) is 22.6 Å². The molecule has 2 heterocycles. The summed E-state index contributed by atoms with van der Waals surface area (Å²) in [6.45, 7) is 4.68. The van der Waals surface area contributed by atoms with Crippen LogP contribution in [0.5, 0.6) is 0 Å². The zero-order valence-corrected chi connectivity index (χ0v) is 13.3. The number of benzene rings is 1. The number of hydrogen-bond acceptors (Lipinski definition) is 3. The second-order valence-corrected chi connectivity index (χ2v) is 6.15. The van der Waals surface area contributed by atoms with E-state index in [0.29, 0.717) is 24.4 Å². The zero-order valence-electron chi connectivity index (χ0n) is 13.3. The fourth-order valence-corrected chi connectivity index (χ4v) is 3.11. The number of likely N-dealkylation sites (tertiary alicyclic amines) is 1. The van der Waals surface area contributed by atoms with E-state index in [1.54, 1.807) is 11.0 Å². The molecule has 2 N–H and O–H groups in total. The summed E-state index contributed by atoms with van der Waals surface area (Å²) in [5.41, 5.74) is 1.43. The predicted octanol–water partition coefficient (Wildman–Crippen LogP) is 3.11. The first-order chi connectivity index (χ1) is 11.0. The number of rotatable bonds is 2. The van der Waals surface area contributed by atoms with Gasteiger partial charge in [-0.2, -0.15) is 0 Å².